The zero-order valence-corrected chi connectivity index (χ0v) is 14.1. The lowest BCUT2D eigenvalue weighted by Crippen LogP contribution is -2.29. The Morgan fingerprint density at radius 2 is 2.12 bits per heavy atom. The Kier molecular flexibility index (Phi) is 3.75. The Labute approximate surface area is 142 Å². The van der Waals surface area contributed by atoms with Crippen LogP contribution in [0.2, 0.25) is 0 Å². The molecule has 2 aromatic rings. The van der Waals surface area contributed by atoms with E-state index in [1.54, 1.807) is 6.20 Å². The Morgan fingerprint density at radius 3 is 2.88 bits per heavy atom. The van der Waals surface area contributed by atoms with Crippen molar-refractivity contribution >= 4 is 11.7 Å². The molecule has 0 radical (unpaired) electrons. The molecule has 1 fully saturated rings. The minimum atomic E-state index is -0.342. The second-order valence-electron chi connectivity index (χ2n) is 6.88. The highest BCUT2D eigenvalue weighted by Gasteiger charge is 2.40. The second kappa shape index (κ2) is 5.93. The number of pyridine rings is 1. The highest BCUT2D eigenvalue weighted by atomic mass is 16.5. The molecule has 1 aliphatic heterocycles. The number of nitrogens with zero attached hydrogens (tertiary/aromatic N) is 1. The van der Waals surface area contributed by atoms with Gasteiger partial charge in [-0.15, -0.1) is 0 Å². The predicted octanol–water partition coefficient (Wildman–Crippen LogP) is 4.23. The molecular weight excluding hydrogens is 300 g/mol. The van der Waals surface area contributed by atoms with Gasteiger partial charge in [-0.25, -0.2) is 4.79 Å². The first-order chi connectivity index (χ1) is 11.7. The molecule has 0 bridgehead atoms. The highest BCUT2D eigenvalue weighted by molar-refractivity contribution is 5.88. The van der Waals surface area contributed by atoms with Crippen LogP contribution in [-0.2, 0) is 4.74 Å². The molecule has 2 aliphatic rings. The quantitative estimate of drug-likeness (QED) is 0.841. The van der Waals surface area contributed by atoms with E-state index >= 15 is 0 Å². The summed E-state index contributed by atoms with van der Waals surface area (Å²) in [5.41, 5.74) is 5.51. The van der Waals surface area contributed by atoms with Crippen LogP contribution in [-0.4, -0.2) is 18.1 Å². The first kappa shape index (κ1) is 15.2. The number of nitrogens with one attached hydrogen (secondary N) is 1. The number of methoxy groups -OCH3 is 1. The molecule has 24 heavy (non-hydrogen) atoms. The molecule has 1 N–H and O–H groups in total. The lowest BCUT2D eigenvalue weighted by atomic mass is 9.78. The van der Waals surface area contributed by atoms with Gasteiger partial charge in [0.1, 0.15) is 0 Å². The zero-order valence-electron chi connectivity index (χ0n) is 14.1. The van der Waals surface area contributed by atoms with Crippen molar-refractivity contribution in [2.24, 2.45) is 5.92 Å². The van der Waals surface area contributed by atoms with Gasteiger partial charge in [0.25, 0.3) is 0 Å². The summed E-state index contributed by atoms with van der Waals surface area (Å²) in [6, 6.07) is 10.7. The van der Waals surface area contributed by atoms with Gasteiger partial charge in [-0.05, 0) is 55.4 Å². The molecule has 4 rings (SSSR count). The van der Waals surface area contributed by atoms with E-state index in [9.17, 15) is 4.79 Å². The highest BCUT2D eigenvalue weighted by Crippen LogP contribution is 2.52. The minimum Gasteiger partial charge on any atom is -0.465 e. The van der Waals surface area contributed by atoms with Gasteiger partial charge in [0, 0.05) is 11.9 Å². The molecule has 1 saturated carbocycles. The normalized spacial score (nSPS) is 24.7. The van der Waals surface area contributed by atoms with E-state index in [1.807, 2.05) is 12.1 Å². The Balaban J connectivity index is 1.68. The SMILES string of the molecule is COC(=O)c1ccc([C@@H]2Nc3ccc(C)cc3[C@@H]3CCC[C@@H]32)nc1. The summed E-state index contributed by atoms with van der Waals surface area (Å²) in [5, 5.41) is 3.70. The van der Waals surface area contributed by atoms with E-state index in [0.717, 1.165) is 5.69 Å². The summed E-state index contributed by atoms with van der Waals surface area (Å²) in [7, 11) is 1.39. The fraction of sp³-hybridized carbons (Fsp3) is 0.400. The fourth-order valence-electron chi connectivity index (χ4n) is 4.29. The fourth-order valence-corrected chi connectivity index (χ4v) is 4.29. The number of hydrogen-bond acceptors (Lipinski definition) is 4. The third-order valence-corrected chi connectivity index (χ3v) is 5.44. The first-order valence-corrected chi connectivity index (χ1v) is 8.58. The van der Waals surface area contributed by atoms with Gasteiger partial charge in [0.05, 0.1) is 24.4 Å². The maximum Gasteiger partial charge on any atom is 0.339 e. The third-order valence-electron chi connectivity index (χ3n) is 5.44. The van der Waals surface area contributed by atoms with Crippen LogP contribution in [0.1, 0.15) is 58.4 Å². The number of aromatic nitrogens is 1. The summed E-state index contributed by atoms with van der Waals surface area (Å²) in [6.07, 6.45) is 5.36. The van der Waals surface area contributed by atoms with Crippen molar-refractivity contribution in [1.29, 1.82) is 0 Å². The molecule has 0 saturated heterocycles. The maximum atomic E-state index is 11.6. The molecular formula is C20H22N2O2. The van der Waals surface area contributed by atoms with Gasteiger partial charge in [0.15, 0.2) is 0 Å². The number of rotatable bonds is 2. The van der Waals surface area contributed by atoms with Crippen LogP contribution in [0, 0.1) is 12.8 Å². The van der Waals surface area contributed by atoms with E-state index in [2.05, 4.69) is 35.4 Å². The number of carbonyl (C=O) groups is 1. The standard InChI is InChI=1S/C20H22N2O2/c1-12-6-8-17-16(10-12)14-4-3-5-15(14)19(22-17)18-9-7-13(11-21-18)20(23)24-2/h6-11,14-15,19,22H,3-5H2,1-2H3/t14-,15+,19-/m1/s1. The smallest absolute Gasteiger partial charge is 0.339 e. The van der Waals surface area contributed by atoms with Gasteiger partial charge in [-0.3, -0.25) is 4.98 Å². The molecule has 1 aliphatic carbocycles. The van der Waals surface area contributed by atoms with Crippen molar-refractivity contribution in [3.63, 3.8) is 0 Å². The number of hydrogen-bond donors (Lipinski definition) is 1. The van der Waals surface area contributed by atoms with E-state index < -0.39 is 0 Å². The van der Waals surface area contributed by atoms with Crippen LogP contribution < -0.4 is 5.32 Å². The predicted molar refractivity (Wildman–Crippen MR) is 93.2 cm³/mol. The van der Waals surface area contributed by atoms with Crippen molar-refractivity contribution in [1.82, 2.24) is 4.98 Å². The second-order valence-corrected chi connectivity index (χ2v) is 6.88. The molecule has 2 heterocycles. The topological polar surface area (TPSA) is 51.2 Å². The van der Waals surface area contributed by atoms with E-state index in [1.165, 1.54) is 43.2 Å². The molecule has 0 spiro atoms. The number of fused-ring (bicyclic) bond motifs is 3. The Hall–Kier alpha value is -2.36. The van der Waals surface area contributed by atoms with Crippen molar-refractivity contribution in [2.75, 3.05) is 12.4 Å². The molecule has 1 aromatic heterocycles. The Morgan fingerprint density at radius 1 is 1.25 bits per heavy atom. The monoisotopic (exact) mass is 322 g/mol. The van der Waals surface area contributed by atoms with Crippen molar-refractivity contribution in [3.8, 4) is 0 Å². The van der Waals surface area contributed by atoms with E-state index in [-0.39, 0.29) is 12.0 Å². The van der Waals surface area contributed by atoms with Crippen molar-refractivity contribution in [2.45, 2.75) is 38.1 Å². The van der Waals surface area contributed by atoms with Gasteiger partial charge in [-0.1, -0.05) is 24.1 Å². The zero-order chi connectivity index (χ0) is 16.7. The molecule has 0 amide bonds. The summed E-state index contributed by atoms with van der Waals surface area (Å²) in [5.74, 6) is 0.828. The van der Waals surface area contributed by atoms with Gasteiger partial charge >= 0.3 is 5.97 Å². The number of benzene rings is 1. The molecule has 124 valence electrons. The molecule has 4 nitrogen and oxygen atoms in total. The van der Waals surface area contributed by atoms with Crippen LogP contribution in [0.25, 0.3) is 0 Å². The Bertz CT molecular complexity index is 770. The number of aryl methyl sites for hydroxylation is 1. The van der Waals surface area contributed by atoms with Crippen LogP contribution in [0.4, 0.5) is 5.69 Å². The lowest BCUT2D eigenvalue weighted by Gasteiger charge is -2.37. The summed E-state index contributed by atoms with van der Waals surface area (Å²) in [6.45, 7) is 2.16. The minimum absolute atomic E-state index is 0.208. The lowest BCUT2D eigenvalue weighted by molar-refractivity contribution is 0.0600. The van der Waals surface area contributed by atoms with Gasteiger partial charge < -0.3 is 10.1 Å². The van der Waals surface area contributed by atoms with Crippen LogP contribution >= 0.6 is 0 Å². The molecule has 0 unspecified atom stereocenters. The summed E-state index contributed by atoms with van der Waals surface area (Å²) >= 11 is 0. The van der Waals surface area contributed by atoms with Gasteiger partial charge in [-0.2, -0.15) is 0 Å². The summed E-state index contributed by atoms with van der Waals surface area (Å²) in [4.78, 5) is 16.2. The maximum absolute atomic E-state index is 11.6. The summed E-state index contributed by atoms with van der Waals surface area (Å²) < 4.78 is 4.75. The molecule has 1 aromatic carbocycles. The molecule has 4 heteroatoms. The number of ether oxygens (including phenoxy) is 1. The number of anilines is 1. The largest absolute Gasteiger partial charge is 0.465 e. The van der Waals surface area contributed by atoms with Gasteiger partial charge in [0.2, 0.25) is 0 Å². The first-order valence-electron chi connectivity index (χ1n) is 8.58. The molecule has 3 atom stereocenters. The average molecular weight is 322 g/mol. The van der Waals surface area contributed by atoms with Crippen LogP contribution in [0.5, 0.6) is 0 Å². The van der Waals surface area contributed by atoms with Crippen molar-refractivity contribution in [3.05, 3.63) is 58.9 Å². The van der Waals surface area contributed by atoms with Crippen molar-refractivity contribution < 1.29 is 9.53 Å². The number of carbonyl (C=O) groups excluding carboxylic acids is 1. The number of esters is 1. The van der Waals surface area contributed by atoms with Crippen LogP contribution in [0.15, 0.2) is 36.5 Å². The van der Waals surface area contributed by atoms with Crippen LogP contribution in [0.3, 0.4) is 0 Å². The third kappa shape index (κ3) is 2.46. The van der Waals surface area contributed by atoms with E-state index in [4.69, 9.17) is 4.74 Å². The average Bonchev–Trinajstić information content (AvgIpc) is 3.11. The van der Waals surface area contributed by atoms with E-state index in [0.29, 0.717) is 17.4 Å².